The fraction of sp³-hybridized carbons (Fsp3) is 0.158. The van der Waals surface area contributed by atoms with Crippen molar-refractivity contribution in [3.8, 4) is 22.3 Å². The van der Waals surface area contributed by atoms with E-state index in [1.54, 1.807) is 18.6 Å². The SMILES string of the molecule is CSc1c(F)cc(-c2cocc2-c2ccccc2)c(C)c1C. The topological polar surface area (TPSA) is 13.1 Å². The van der Waals surface area contributed by atoms with E-state index in [1.807, 2.05) is 50.4 Å². The first-order valence-corrected chi connectivity index (χ1v) is 8.31. The number of hydrogen-bond acceptors (Lipinski definition) is 2. The van der Waals surface area contributed by atoms with Crippen molar-refractivity contribution < 1.29 is 8.81 Å². The van der Waals surface area contributed by atoms with Crippen molar-refractivity contribution in [3.05, 3.63) is 65.9 Å². The Balaban J connectivity index is 2.20. The van der Waals surface area contributed by atoms with E-state index in [-0.39, 0.29) is 5.82 Å². The van der Waals surface area contributed by atoms with Gasteiger partial charge in [-0.15, -0.1) is 11.8 Å². The number of rotatable bonds is 3. The van der Waals surface area contributed by atoms with Crippen LogP contribution in [0.5, 0.6) is 0 Å². The Morgan fingerprint density at radius 3 is 2.27 bits per heavy atom. The molecule has 0 aliphatic carbocycles. The molecule has 0 N–H and O–H groups in total. The van der Waals surface area contributed by atoms with Crippen LogP contribution in [0, 0.1) is 19.7 Å². The van der Waals surface area contributed by atoms with Crippen molar-refractivity contribution in [2.24, 2.45) is 0 Å². The van der Waals surface area contributed by atoms with Gasteiger partial charge in [0.15, 0.2) is 0 Å². The van der Waals surface area contributed by atoms with Gasteiger partial charge in [0.05, 0.1) is 12.5 Å². The first-order valence-electron chi connectivity index (χ1n) is 7.09. The second-order valence-corrected chi connectivity index (χ2v) is 6.07. The molecule has 0 fully saturated rings. The van der Waals surface area contributed by atoms with Gasteiger partial charge in [0.25, 0.3) is 0 Å². The van der Waals surface area contributed by atoms with Crippen LogP contribution in [0.4, 0.5) is 4.39 Å². The highest BCUT2D eigenvalue weighted by molar-refractivity contribution is 7.98. The minimum absolute atomic E-state index is 0.175. The molecule has 0 aliphatic rings. The Morgan fingerprint density at radius 1 is 0.909 bits per heavy atom. The lowest BCUT2D eigenvalue weighted by Crippen LogP contribution is -1.94. The summed E-state index contributed by atoms with van der Waals surface area (Å²) in [6.07, 6.45) is 5.32. The van der Waals surface area contributed by atoms with E-state index < -0.39 is 0 Å². The van der Waals surface area contributed by atoms with Crippen LogP contribution in [-0.4, -0.2) is 6.26 Å². The van der Waals surface area contributed by atoms with Crippen molar-refractivity contribution in [1.29, 1.82) is 0 Å². The lowest BCUT2D eigenvalue weighted by atomic mass is 9.93. The lowest BCUT2D eigenvalue weighted by molar-refractivity contribution is 0.568. The normalized spacial score (nSPS) is 10.9. The van der Waals surface area contributed by atoms with E-state index in [4.69, 9.17) is 4.42 Å². The van der Waals surface area contributed by atoms with Gasteiger partial charge in [0.2, 0.25) is 0 Å². The fourth-order valence-electron chi connectivity index (χ4n) is 2.73. The van der Waals surface area contributed by atoms with Gasteiger partial charge in [0, 0.05) is 16.0 Å². The van der Waals surface area contributed by atoms with Gasteiger partial charge in [-0.3, -0.25) is 0 Å². The summed E-state index contributed by atoms with van der Waals surface area (Å²) in [5.74, 6) is -0.175. The molecule has 112 valence electrons. The third kappa shape index (κ3) is 2.46. The third-order valence-corrected chi connectivity index (χ3v) is 4.95. The molecule has 2 aromatic carbocycles. The number of thioether (sulfide) groups is 1. The Bertz CT molecular complexity index is 806. The summed E-state index contributed by atoms with van der Waals surface area (Å²) in [5.41, 5.74) is 5.95. The summed E-state index contributed by atoms with van der Waals surface area (Å²) < 4.78 is 19.8. The third-order valence-electron chi connectivity index (χ3n) is 4.04. The Hall–Kier alpha value is -2.00. The highest BCUT2D eigenvalue weighted by Crippen LogP contribution is 2.38. The molecular formula is C19H17FOS. The molecule has 0 amide bonds. The van der Waals surface area contributed by atoms with Gasteiger partial charge in [-0.25, -0.2) is 4.39 Å². The van der Waals surface area contributed by atoms with Gasteiger partial charge in [-0.2, -0.15) is 0 Å². The van der Waals surface area contributed by atoms with E-state index in [1.165, 1.54) is 11.8 Å². The van der Waals surface area contributed by atoms with Crippen LogP contribution >= 0.6 is 11.8 Å². The van der Waals surface area contributed by atoms with Crippen LogP contribution < -0.4 is 0 Å². The van der Waals surface area contributed by atoms with Gasteiger partial charge >= 0.3 is 0 Å². The Morgan fingerprint density at radius 2 is 1.59 bits per heavy atom. The molecule has 0 atom stereocenters. The molecule has 1 heterocycles. The highest BCUT2D eigenvalue weighted by Gasteiger charge is 2.17. The second-order valence-electron chi connectivity index (χ2n) is 5.25. The summed E-state index contributed by atoms with van der Waals surface area (Å²) in [6.45, 7) is 4.00. The van der Waals surface area contributed by atoms with E-state index in [9.17, 15) is 4.39 Å². The zero-order chi connectivity index (χ0) is 15.7. The maximum Gasteiger partial charge on any atom is 0.137 e. The van der Waals surface area contributed by atoms with E-state index in [0.717, 1.165) is 33.4 Å². The minimum Gasteiger partial charge on any atom is -0.471 e. The predicted octanol–water partition coefficient (Wildman–Crippen LogP) is 6.09. The molecule has 3 aromatic rings. The highest BCUT2D eigenvalue weighted by atomic mass is 32.2. The summed E-state index contributed by atoms with van der Waals surface area (Å²) in [6, 6.07) is 11.6. The maximum absolute atomic E-state index is 14.4. The van der Waals surface area contributed by atoms with Crippen LogP contribution in [0.15, 0.2) is 58.2 Å². The quantitative estimate of drug-likeness (QED) is 0.543. The van der Waals surface area contributed by atoms with Crippen molar-refractivity contribution in [2.45, 2.75) is 18.7 Å². The molecule has 0 aliphatic heterocycles. The largest absolute Gasteiger partial charge is 0.471 e. The summed E-state index contributed by atoms with van der Waals surface area (Å²) in [4.78, 5) is 0.714. The maximum atomic E-state index is 14.4. The molecule has 1 nitrogen and oxygen atoms in total. The standard InChI is InChI=1S/C19H17FOS/c1-12-13(2)19(22-3)18(20)9-15(12)17-11-21-10-16(17)14-7-5-4-6-8-14/h4-11H,1-3H3. The van der Waals surface area contributed by atoms with Crippen LogP contribution in [-0.2, 0) is 0 Å². The van der Waals surface area contributed by atoms with E-state index in [2.05, 4.69) is 0 Å². The molecule has 0 radical (unpaired) electrons. The smallest absolute Gasteiger partial charge is 0.137 e. The van der Waals surface area contributed by atoms with Crippen molar-refractivity contribution in [3.63, 3.8) is 0 Å². The van der Waals surface area contributed by atoms with Crippen LogP contribution in [0.3, 0.4) is 0 Å². The molecule has 0 bridgehead atoms. The van der Waals surface area contributed by atoms with Gasteiger partial charge in [-0.1, -0.05) is 30.3 Å². The minimum atomic E-state index is -0.175. The van der Waals surface area contributed by atoms with Crippen molar-refractivity contribution in [1.82, 2.24) is 0 Å². The summed E-state index contributed by atoms with van der Waals surface area (Å²) in [5, 5.41) is 0. The average Bonchev–Trinajstić information content (AvgIpc) is 3.01. The second kappa shape index (κ2) is 6.01. The van der Waals surface area contributed by atoms with Crippen LogP contribution in [0.25, 0.3) is 22.3 Å². The molecule has 0 unspecified atom stereocenters. The Kier molecular flexibility index (Phi) is 4.08. The van der Waals surface area contributed by atoms with Crippen molar-refractivity contribution >= 4 is 11.8 Å². The first kappa shape index (κ1) is 14.9. The molecular weight excluding hydrogens is 295 g/mol. The monoisotopic (exact) mass is 312 g/mol. The summed E-state index contributed by atoms with van der Waals surface area (Å²) in [7, 11) is 0. The lowest BCUT2D eigenvalue weighted by Gasteiger charge is -2.13. The van der Waals surface area contributed by atoms with Crippen LogP contribution in [0.1, 0.15) is 11.1 Å². The number of hydrogen-bond donors (Lipinski definition) is 0. The molecule has 0 spiro atoms. The van der Waals surface area contributed by atoms with Gasteiger partial charge in [0.1, 0.15) is 5.82 Å². The Labute approximate surface area is 134 Å². The zero-order valence-corrected chi connectivity index (χ0v) is 13.6. The molecule has 3 heteroatoms. The first-order chi connectivity index (χ1) is 10.6. The number of benzene rings is 2. The molecule has 0 saturated carbocycles. The fourth-order valence-corrected chi connectivity index (χ4v) is 3.44. The molecule has 1 aromatic heterocycles. The number of halogens is 1. The zero-order valence-electron chi connectivity index (χ0n) is 12.8. The van der Waals surface area contributed by atoms with E-state index >= 15 is 0 Å². The predicted molar refractivity (Wildman–Crippen MR) is 90.8 cm³/mol. The molecule has 0 saturated heterocycles. The van der Waals surface area contributed by atoms with Crippen molar-refractivity contribution in [2.75, 3.05) is 6.26 Å². The summed E-state index contributed by atoms with van der Waals surface area (Å²) >= 11 is 1.44. The van der Waals surface area contributed by atoms with Gasteiger partial charge in [-0.05, 0) is 48.4 Å². The molecule has 22 heavy (non-hydrogen) atoms. The van der Waals surface area contributed by atoms with Gasteiger partial charge < -0.3 is 4.42 Å². The molecule has 3 rings (SSSR count). The van der Waals surface area contributed by atoms with E-state index in [0.29, 0.717) is 4.90 Å². The number of furan rings is 1. The average molecular weight is 312 g/mol. The van der Waals surface area contributed by atoms with Crippen LogP contribution in [0.2, 0.25) is 0 Å².